The van der Waals surface area contributed by atoms with Crippen molar-refractivity contribution in [3.05, 3.63) is 52.6 Å². The van der Waals surface area contributed by atoms with Gasteiger partial charge in [0.1, 0.15) is 0 Å². The summed E-state index contributed by atoms with van der Waals surface area (Å²) in [6.07, 6.45) is 15.5. The van der Waals surface area contributed by atoms with Crippen molar-refractivity contribution in [2.24, 2.45) is 17.3 Å². The molecule has 3 heteroatoms. The normalized spacial score (nSPS) is 35.3. The second kappa shape index (κ2) is 8.17. The maximum atomic E-state index is 12.2. The van der Waals surface area contributed by atoms with Crippen LogP contribution in [0.25, 0.3) is 0 Å². The van der Waals surface area contributed by atoms with E-state index in [0.717, 1.165) is 32.1 Å². The summed E-state index contributed by atoms with van der Waals surface area (Å²) >= 11 is 0. The first-order valence-electron chi connectivity index (χ1n) is 12.6. The van der Waals surface area contributed by atoms with Crippen molar-refractivity contribution in [3.8, 4) is 12.3 Å². The minimum absolute atomic E-state index is 0.0411. The molecule has 5 atom stereocenters. The molecule has 4 aliphatic rings. The average Bonchev–Trinajstić information content (AvgIpc) is 3.10. The number of allylic oxidation sites excluding steroid dienone is 4. The number of rotatable bonds is 4. The number of carbonyl (C=O) groups is 1. The number of hydrogen-bond acceptors (Lipinski definition) is 3. The van der Waals surface area contributed by atoms with Crippen molar-refractivity contribution in [2.45, 2.75) is 69.8 Å². The minimum atomic E-state index is -0.247. The third-order valence-electron chi connectivity index (χ3n) is 9.61. The van der Waals surface area contributed by atoms with Gasteiger partial charge in [0.05, 0.1) is 5.60 Å². The number of ether oxygens (including phenoxy) is 1. The van der Waals surface area contributed by atoms with E-state index in [1.165, 1.54) is 28.8 Å². The lowest BCUT2D eigenvalue weighted by molar-refractivity contribution is -0.116. The molecule has 1 aromatic rings. The van der Waals surface area contributed by atoms with Gasteiger partial charge in [-0.2, -0.15) is 0 Å². The Labute approximate surface area is 199 Å². The van der Waals surface area contributed by atoms with Crippen LogP contribution in [-0.2, 0) is 9.53 Å². The van der Waals surface area contributed by atoms with Gasteiger partial charge in [-0.25, -0.2) is 0 Å². The van der Waals surface area contributed by atoms with Gasteiger partial charge in [-0.05, 0) is 85.3 Å². The van der Waals surface area contributed by atoms with Gasteiger partial charge >= 0.3 is 0 Å². The van der Waals surface area contributed by atoms with Crippen molar-refractivity contribution < 1.29 is 9.53 Å². The fourth-order valence-electron chi connectivity index (χ4n) is 7.90. The molecule has 0 aliphatic heterocycles. The van der Waals surface area contributed by atoms with E-state index in [9.17, 15) is 4.79 Å². The first kappa shape index (κ1) is 22.5. The van der Waals surface area contributed by atoms with E-state index >= 15 is 0 Å². The molecule has 0 N–H and O–H groups in total. The number of nitrogens with zero attached hydrogens (tertiary/aromatic N) is 1. The number of hydrogen-bond donors (Lipinski definition) is 0. The van der Waals surface area contributed by atoms with E-state index < -0.39 is 0 Å². The number of methoxy groups -OCH3 is 1. The van der Waals surface area contributed by atoms with E-state index in [2.05, 4.69) is 56.1 Å². The maximum absolute atomic E-state index is 12.2. The SMILES string of the molecule is C#CC[C@]1(OC)CCC2C3CCC4=CC(=O)CCC4=C3C(c3ccc(N(C)C)cc3)CC21C. The molecule has 0 heterocycles. The van der Waals surface area contributed by atoms with Gasteiger partial charge in [0.2, 0.25) is 0 Å². The molecule has 174 valence electrons. The summed E-state index contributed by atoms with van der Waals surface area (Å²) in [5.41, 5.74) is 6.86. The van der Waals surface area contributed by atoms with Crippen LogP contribution >= 0.6 is 0 Å². The zero-order valence-electron chi connectivity index (χ0n) is 20.6. The Morgan fingerprint density at radius 3 is 2.58 bits per heavy atom. The predicted molar refractivity (Wildman–Crippen MR) is 134 cm³/mol. The first-order chi connectivity index (χ1) is 15.8. The Balaban J connectivity index is 1.67. The standard InChI is InChI=1S/C30H37NO2/c1-6-16-30(33-5)17-15-27-25-13-9-21-18-23(32)12-14-24(21)28(25)26(19-29(27,30)2)20-7-10-22(11-8-20)31(3)4/h1,7-8,10-11,18,25-27H,9,12-17,19H2,2-5H3/t25?,26?,27?,29?,30-/m0/s1. The van der Waals surface area contributed by atoms with Crippen LogP contribution in [0.1, 0.15) is 69.8 Å². The summed E-state index contributed by atoms with van der Waals surface area (Å²) in [5, 5.41) is 0. The molecule has 5 rings (SSSR count). The van der Waals surface area contributed by atoms with Gasteiger partial charge in [0, 0.05) is 51.1 Å². The van der Waals surface area contributed by atoms with E-state index in [0.29, 0.717) is 36.4 Å². The lowest BCUT2D eigenvalue weighted by atomic mass is 9.51. The molecule has 2 fully saturated rings. The van der Waals surface area contributed by atoms with Crippen LogP contribution in [0, 0.1) is 29.6 Å². The summed E-state index contributed by atoms with van der Waals surface area (Å²) in [4.78, 5) is 14.4. The van der Waals surface area contributed by atoms with Gasteiger partial charge in [-0.3, -0.25) is 4.79 Å². The predicted octanol–water partition coefficient (Wildman–Crippen LogP) is 6.06. The highest BCUT2D eigenvalue weighted by atomic mass is 16.5. The molecule has 0 amide bonds. The molecule has 0 bridgehead atoms. The molecule has 0 spiro atoms. The van der Waals surface area contributed by atoms with Gasteiger partial charge in [-0.15, -0.1) is 12.3 Å². The Kier molecular flexibility index (Phi) is 5.57. The highest BCUT2D eigenvalue weighted by Gasteiger charge is 2.63. The summed E-state index contributed by atoms with van der Waals surface area (Å²) in [6.45, 7) is 2.46. The van der Waals surface area contributed by atoms with Crippen LogP contribution < -0.4 is 4.90 Å². The van der Waals surface area contributed by atoms with Crippen LogP contribution in [0.3, 0.4) is 0 Å². The molecule has 4 unspecified atom stereocenters. The highest BCUT2D eigenvalue weighted by Crippen LogP contribution is 2.68. The monoisotopic (exact) mass is 443 g/mol. The second-order valence-electron chi connectivity index (χ2n) is 11.1. The molecule has 4 aliphatic carbocycles. The van der Waals surface area contributed by atoms with Gasteiger partial charge in [0.15, 0.2) is 5.78 Å². The van der Waals surface area contributed by atoms with Gasteiger partial charge < -0.3 is 9.64 Å². The molecule has 3 nitrogen and oxygen atoms in total. The maximum Gasteiger partial charge on any atom is 0.156 e. The molecule has 1 aromatic carbocycles. The molecule has 0 aromatic heterocycles. The molecular formula is C30H37NO2. The number of benzene rings is 1. The molecule has 2 saturated carbocycles. The number of anilines is 1. The van der Waals surface area contributed by atoms with Crippen LogP contribution in [0.4, 0.5) is 5.69 Å². The van der Waals surface area contributed by atoms with Crippen molar-refractivity contribution in [1.82, 2.24) is 0 Å². The number of carbonyl (C=O) groups excluding carboxylic acids is 1. The Hall–Kier alpha value is -2.31. The smallest absolute Gasteiger partial charge is 0.156 e. The topological polar surface area (TPSA) is 29.5 Å². The molecule has 0 saturated heterocycles. The summed E-state index contributed by atoms with van der Waals surface area (Å²) in [5.74, 6) is 4.76. The second-order valence-corrected chi connectivity index (χ2v) is 11.1. The van der Waals surface area contributed by atoms with Crippen molar-refractivity contribution >= 4 is 11.5 Å². The number of terminal acetylenes is 1. The summed E-state index contributed by atoms with van der Waals surface area (Å²) in [6, 6.07) is 9.14. The van der Waals surface area contributed by atoms with E-state index in [-0.39, 0.29) is 11.0 Å². The average molecular weight is 444 g/mol. The summed E-state index contributed by atoms with van der Waals surface area (Å²) < 4.78 is 6.33. The molecule has 0 radical (unpaired) electrons. The number of fused-ring (bicyclic) bond motifs is 4. The zero-order valence-corrected chi connectivity index (χ0v) is 20.6. The third-order valence-corrected chi connectivity index (χ3v) is 9.61. The lowest BCUT2D eigenvalue weighted by Crippen LogP contribution is -2.52. The van der Waals surface area contributed by atoms with Crippen LogP contribution in [0.2, 0.25) is 0 Å². The molecule has 33 heavy (non-hydrogen) atoms. The Bertz CT molecular complexity index is 1060. The quantitative estimate of drug-likeness (QED) is 0.530. The van der Waals surface area contributed by atoms with Gasteiger partial charge in [-0.1, -0.05) is 24.6 Å². The first-order valence-corrected chi connectivity index (χ1v) is 12.6. The summed E-state index contributed by atoms with van der Waals surface area (Å²) in [7, 11) is 6.04. The largest absolute Gasteiger partial charge is 0.378 e. The fourth-order valence-corrected chi connectivity index (χ4v) is 7.90. The number of ketones is 1. The molecular weight excluding hydrogens is 406 g/mol. The Morgan fingerprint density at radius 1 is 1.15 bits per heavy atom. The van der Waals surface area contributed by atoms with Crippen molar-refractivity contribution in [3.63, 3.8) is 0 Å². The van der Waals surface area contributed by atoms with E-state index in [1.807, 2.05) is 13.2 Å². The lowest BCUT2D eigenvalue weighted by Gasteiger charge is -2.55. The highest BCUT2D eigenvalue weighted by molar-refractivity contribution is 5.93. The zero-order chi connectivity index (χ0) is 23.4. The van der Waals surface area contributed by atoms with E-state index in [4.69, 9.17) is 11.2 Å². The van der Waals surface area contributed by atoms with Crippen LogP contribution in [-0.4, -0.2) is 32.6 Å². The fraction of sp³-hybridized carbons (Fsp3) is 0.567. The van der Waals surface area contributed by atoms with Gasteiger partial charge in [0.25, 0.3) is 0 Å². The van der Waals surface area contributed by atoms with E-state index in [1.54, 1.807) is 5.57 Å². The van der Waals surface area contributed by atoms with Crippen LogP contribution in [0.15, 0.2) is 47.1 Å². The Morgan fingerprint density at radius 2 is 1.91 bits per heavy atom. The minimum Gasteiger partial charge on any atom is -0.378 e. The van der Waals surface area contributed by atoms with Crippen molar-refractivity contribution in [2.75, 3.05) is 26.1 Å². The van der Waals surface area contributed by atoms with Crippen molar-refractivity contribution in [1.29, 1.82) is 0 Å². The van der Waals surface area contributed by atoms with Crippen LogP contribution in [0.5, 0.6) is 0 Å². The third kappa shape index (κ3) is 3.33.